The zero-order chi connectivity index (χ0) is 13.8. The van der Waals surface area contributed by atoms with E-state index in [-0.39, 0.29) is 0 Å². The van der Waals surface area contributed by atoms with Gasteiger partial charge in [0, 0.05) is 13.2 Å². The SMILES string of the molecule is CN=C(CCC(C)C)c1cc(C(F)(F)F)ccn1. The fourth-order valence-electron chi connectivity index (χ4n) is 1.54. The van der Waals surface area contributed by atoms with E-state index in [1.54, 1.807) is 7.05 Å². The zero-order valence-corrected chi connectivity index (χ0v) is 10.8. The van der Waals surface area contributed by atoms with Gasteiger partial charge >= 0.3 is 6.18 Å². The number of hydrogen-bond acceptors (Lipinski definition) is 2. The highest BCUT2D eigenvalue weighted by atomic mass is 19.4. The van der Waals surface area contributed by atoms with Gasteiger partial charge < -0.3 is 0 Å². The quantitative estimate of drug-likeness (QED) is 0.750. The first-order valence-electron chi connectivity index (χ1n) is 5.84. The lowest BCUT2D eigenvalue weighted by Crippen LogP contribution is -2.10. The number of alkyl halides is 3. The van der Waals surface area contributed by atoms with Gasteiger partial charge in [0.1, 0.15) is 0 Å². The van der Waals surface area contributed by atoms with Crippen molar-refractivity contribution in [3.63, 3.8) is 0 Å². The minimum Gasteiger partial charge on any atom is -0.291 e. The zero-order valence-electron chi connectivity index (χ0n) is 10.8. The van der Waals surface area contributed by atoms with Crippen molar-refractivity contribution in [2.45, 2.75) is 32.9 Å². The molecule has 5 heteroatoms. The van der Waals surface area contributed by atoms with Crippen LogP contribution in [0.25, 0.3) is 0 Å². The van der Waals surface area contributed by atoms with Crippen LogP contribution in [-0.4, -0.2) is 17.7 Å². The Balaban J connectivity index is 2.94. The summed E-state index contributed by atoms with van der Waals surface area (Å²) >= 11 is 0. The highest BCUT2D eigenvalue weighted by Crippen LogP contribution is 2.29. The molecule has 0 N–H and O–H groups in total. The first-order chi connectivity index (χ1) is 8.34. The van der Waals surface area contributed by atoms with E-state index in [0.29, 0.717) is 23.7 Å². The van der Waals surface area contributed by atoms with Crippen molar-refractivity contribution < 1.29 is 13.2 Å². The molecule has 0 aliphatic carbocycles. The van der Waals surface area contributed by atoms with Crippen LogP contribution in [0.5, 0.6) is 0 Å². The summed E-state index contributed by atoms with van der Waals surface area (Å²) in [6.07, 6.45) is -1.64. The number of halogens is 3. The summed E-state index contributed by atoms with van der Waals surface area (Å²) in [5.74, 6) is 0.479. The minimum atomic E-state index is -4.34. The molecule has 0 amide bonds. The molecular formula is C13H17F3N2. The van der Waals surface area contributed by atoms with E-state index in [4.69, 9.17) is 0 Å². The second kappa shape index (κ2) is 5.98. The van der Waals surface area contributed by atoms with Crippen LogP contribution in [0.3, 0.4) is 0 Å². The molecule has 2 nitrogen and oxygen atoms in total. The number of rotatable bonds is 4. The van der Waals surface area contributed by atoms with Crippen molar-refractivity contribution in [2.75, 3.05) is 7.05 Å². The Hall–Kier alpha value is -1.39. The molecule has 0 fully saturated rings. The van der Waals surface area contributed by atoms with Crippen LogP contribution < -0.4 is 0 Å². The summed E-state index contributed by atoms with van der Waals surface area (Å²) in [4.78, 5) is 8.01. The Labute approximate surface area is 105 Å². The average molecular weight is 258 g/mol. The Kier molecular flexibility index (Phi) is 4.87. The van der Waals surface area contributed by atoms with E-state index >= 15 is 0 Å². The molecular weight excluding hydrogens is 241 g/mol. The Bertz CT molecular complexity index is 422. The molecule has 1 aromatic rings. The van der Waals surface area contributed by atoms with Crippen LogP contribution in [-0.2, 0) is 6.18 Å². The Morgan fingerprint density at radius 1 is 1.39 bits per heavy atom. The van der Waals surface area contributed by atoms with E-state index < -0.39 is 11.7 Å². The predicted molar refractivity (Wildman–Crippen MR) is 65.8 cm³/mol. The second-order valence-corrected chi connectivity index (χ2v) is 4.53. The van der Waals surface area contributed by atoms with Crippen LogP contribution in [0.2, 0.25) is 0 Å². The van der Waals surface area contributed by atoms with Gasteiger partial charge in [0.15, 0.2) is 0 Å². The van der Waals surface area contributed by atoms with Crippen LogP contribution in [0.1, 0.15) is 37.9 Å². The number of nitrogens with zero attached hydrogens (tertiary/aromatic N) is 2. The van der Waals surface area contributed by atoms with Crippen LogP contribution in [0, 0.1) is 5.92 Å². The largest absolute Gasteiger partial charge is 0.416 e. The van der Waals surface area contributed by atoms with E-state index in [0.717, 1.165) is 18.6 Å². The maximum atomic E-state index is 12.6. The molecule has 0 spiro atoms. The fourth-order valence-corrected chi connectivity index (χ4v) is 1.54. The summed E-state index contributed by atoms with van der Waals surface area (Å²) in [5.41, 5.74) is 0.251. The molecule has 0 aliphatic heterocycles. The molecule has 0 saturated carbocycles. The van der Waals surface area contributed by atoms with E-state index in [2.05, 4.69) is 23.8 Å². The van der Waals surface area contributed by atoms with Gasteiger partial charge in [0.2, 0.25) is 0 Å². The van der Waals surface area contributed by atoms with Crippen LogP contribution in [0.15, 0.2) is 23.3 Å². The van der Waals surface area contributed by atoms with Gasteiger partial charge in [-0.05, 0) is 30.9 Å². The van der Waals surface area contributed by atoms with Gasteiger partial charge in [-0.15, -0.1) is 0 Å². The third-order valence-corrected chi connectivity index (χ3v) is 2.61. The lowest BCUT2D eigenvalue weighted by molar-refractivity contribution is -0.137. The molecule has 1 aromatic heterocycles. The molecule has 0 bridgehead atoms. The smallest absolute Gasteiger partial charge is 0.291 e. The topological polar surface area (TPSA) is 25.2 Å². The van der Waals surface area contributed by atoms with Crippen molar-refractivity contribution >= 4 is 5.71 Å². The lowest BCUT2D eigenvalue weighted by Gasteiger charge is -2.10. The van der Waals surface area contributed by atoms with Crippen molar-refractivity contribution in [3.05, 3.63) is 29.6 Å². The normalized spacial score (nSPS) is 13.2. The maximum Gasteiger partial charge on any atom is 0.416 e. The summed E-state index contributed by atoms with van der Waals surface area (Å²) in [6.45, 7) is 4.12. The number of pyridine rings is 1. The summed E-state index contributed by atoms with van der Waals surface area (Å²) in [5, 5.41) is 0. The van der Waals surface area contributed by atoms with Gasteiger partial charge in [-0.25, -0.2) is 0 Å². The number of aromatic nitrogens is 1. The van der Waals surface area contributed by atoms with E-state index in [1.807, 2.05) is 0 Å². The Morgan fingerprint density at radius 3 is 2.56 bits per heavy atom. The highest BCUT2D eigenvalue weighted by Gasteiger charge is 2.30. The number of hydrogen-bond donors (Lipinski definition) is 0. The summed E-state index contributed by atoms with van der Waals surface area (Å²) in [6, 6.07) is 2.03. The molecule has 0 saturated heterocycles. The van der Waals surface area contributed by atoms with Gasteiger partial charge in [0.05, 0.1) is 17.0 Å². The average Bonchev–Trinajstić information content (AvgIpc) is 2.29. The van der Waals surface area contributed by atoms with Gasteiger partial charge in [-0.1, -0.05) is 13.8 Å². The molecule has 0 aliphatic rings. The van der Waals surface area contributed by atoms with Gasteiger partial charge in [0.25, 0.3) is 0 Å². The molecule has 1 rings (SSSR count). The molecule has 1 heterocycles. The maximum absolute atomic E-state index is 12.6. The first kappa shape index (κ1) is 14.7. The molecule has 0 atom stereocenters. The molecule has 0 unspecified atom stereocenters. The molecule has 18 heavy (non-hydrogen) atoms. The summed E-state index contributed by atoms with van der Waals surface area (Å²) in [7, 11) is 1.58. The van der Waals surface area contributed by atoms with Gasteiger partial charge in [-0.2, -0.15) is 13.2 Å². The lowest BCUT2D eigenvalue weighted by atomic mass is 10.0. The summed E-state index contributed by atoms with van der Waals surface area (Å²) < 4.78 is 37.7. The van der Waals surface area contributed by atoms with E-state index in [9.17, 15) is 13.2 Å². The third-order valence-electron chi connectivity index (χ3n) is 2.61. The second-order valence-electron chi connectivity index (χ2n) is 4.53. The van der Waals surface area contributed by atoms with Crippen molar-refractivity contribution in [3.8, 4) is 0 Å². The highest BCUT2D eigenvalue weighted by molar-refractivity contribution is 5.98. The first-order valence-corrected chi connectivity index (χ1v) is 5.84. The third kappa shape index (κ3) is 4.13. The molecule has 0 aromatic carbocycles. The predicted octanol–water partition coefficient (Wildman–Crippen LogP) is 3.96. The number of aliphatic imine (C=N–C) groups is 1. The van der Waals surface area contributed by atoms with Crippen molar-refractivity contribution in [1.29, 1.82) is 0 Å². The molecule has 0 radical (unpaired) electrons. The minimum absolute atomic E-state index is 0.313. The standard InChI is InChI=1S/C13H17F3N2/c1-9(2)4-5-11(17-3)12-8-10(6-7-18-12)13(14,15)16/h6-9H,4-5H2,1-3H3. The van der Waals surface area contributed by atoms with Crippen molar-refractivity contribution in [2.24, 2.45) is 10.9 Å². The molecule has 100 valence electrons. The van der Waals surface area contributed by atoms with E-state index in [1.165, 1.54) is 6.20 Å². The van der Waals surface area contributed by atoms with Gasteiger partial charge in [-0.3, -0.25) is 9.98 Å². The fraction of sp³-hybridized carbons (Fsp3) is 0.538. The Morgan fingerprint density at radius 2 is 2.06 bits per heavy atom. The van der Waals surface area contributed by atoms with Crippen LogP contribution >= 0.6 is 0 Å². The van der Waals surface area contributed by atoms with Crippen LogP contribution in [0.4, 0.5) is 13.2 Å². The van der Waals surface area contributed by atoms with Crippen molar-refractivity contribution in [1.82, 2.24) is 4.98 Å². The monoisotopic (exact) mass is 258 g/mol.